The summed E-state index contributed by atoms with van der Waals surface area (Å²) in [4.78, 5) is 0. The van der Waals surface area contributed by atoms with Crippen LogP contribution in [-0.4, -0.2) is 11.7 Å². The Bertz CT molecular complexity index is 439. The Morgan fingerprint density at radius 1 is 1.32 bits per heavy atom. The third kappa shape index (κ3) is 4.48. The van der Waals surface area contributed by atoms with Crippen LogP contribution in [0.2, 0.25) is 0 Å². The van der Waals surface area contributed by atoms with Crippen LogP contribution in [-0.2, 0) is 13.2 Å². The lowest BCUT2D eigenvalue weighted by molar-refractivity contribution is 0.281. The molecule has 0 saturated carbocycles. The van der Waals surface area contributed by atoms with E-state index in [1.165, 1.54) is 24.0 Å². The van der Waals surface area contributed by atoms with Gasteiger partial charge in [-0.15, -0.1) is 0 Å². The number of allylic oxidation sites excluding steroid dienone is 2. The van der Waals surface area contributed by atoms with Gasteiger partial charge in [-0.25, -0.2) is 0 Å². The summed E-state index contributed by atoms with van der Waals surface area (Å²) < 4.78 is 0. The zero-order valence-corrected chi connectivity index (χ0v) is 12.0. The minimum Gasteiger partial charge on any atom is -0.392 e. The average Bonchev–Trinajstić information content (AvgIpc) is 2.38. The molecule has 0 aromatic heterocycles. The van der Waals surface area contributed by atoms with Crippen molar-refractivity contribution in [3.63, 3.8) is 0 Å². The van der Waals surface area contributed by atoms with Crippen molar-refractivity contribution in [3.05, 3.63) is 47.0 Å². The second kappa shape index (κ2) is 6.88. The standard InChI is InChI=1S/C17H25NO/c1-13-6-14(2)8-17(7-13)11-18-10-15-4-3-5-16(9-15)12-19/h3-6,9,13,17-19H,7-8,10-12H2,1-2H3. The summed E-state index contributed by atoms with van der Waals surface area (Å²) in [6.07, 6.45) is 4.93. The van der Waals surface area contributed by atoms with Crippen LogP contribution in [0.3, 0.4) is 0 Å². The van der Waals surface area contributed by atoms with Gasteiger partial charge in [-0.2, -0.15) is 0 Å². The topological polar surface area (TPSA) is 32.3 Å². The first-order chi connectivity index (χ1) is 9.17. The molecule has 1 aliphatic carbocycles. The minimum atomic E-state index is 0.123. The van der Waals surface area contributed by atoms with Gasteiger partial charge >= 0.3 is 0 Å². The van der Waals surface area contributed by atoms with E-state index in [-0.39, 0.29) is 6.61 Å². The molecule has 0 fully saturated rings. The summed E-state index contributed by atoms with van der Waals surface area (Å²) >= 11 is 0. The van der Waals surface area contributed by atoms with Crippen molar-refractivity contribution in [3.8, 4) is 0 Å². The van der Waals surface area contributed by atoms with Crippen molar-refractivity contribution in [2.75, 3.05) is 6.54 Å². The van der Waals surface area contributed by atoms with Gasteiger partial charge in [-0.1, -0.05) is 42.8 Å². The van der Waals surface area contributed by atoms with Gasteiger partial charge in [0.05, 0.1) is 6.61 Å². The van der Waals surface area contributed by atoms with Crippen LogP contribution >= 0.6 is 0 Å². The van der Waals surface area contributed by atoms with Gasteiger partial charge < -0.3 is 10.4 Å². The van der Waals surface area contributed by atoms with Gasteiger partial charge in [0.2, 0.25) is 0 Å². The Morgan fingerprint density at radius 2 is 2.11 bits per heavy atom. The lowest BCUT2D eigenvalue weighted by Gasteiger charge is -2.25. The van der Waals surface area contributed by atoms with Crippen LogP contribution in [0.4, 0.5) is 0 Å². The fourth-order valence-electron chi connectivity index (χ4n) is 3.10. The van der Waals surface area contributed by atoms with Crippen molar-refractivity contribution in [1.29, 1.82) is 0 Å². The number of nitrogens with one attached hydrogen (secondary N) is 1. The van der Waals surface area contributed by atoms with Gasteiger partial charge in [-0.05, 0) is 49.3 Å². The second-order valence-corrected chi connectivity index (χ2v) is 5.91. The predicted molar refractivity (Wildman–Crippen MR) is 79.7 cm³/mol. The largest absolute Gasteiger partial charge is 0.392 e. The second-order valence-electron chi connectivity index (χ2n) is 5.91. The summed E-state index contributed by atoms with van der Waals surface area (Å²) in [6.45, 7) is 6.64. The Kier molecular flexibility index (Phi) is 5.17. The first kappa shape index (κ1) is 14.3. The molecule has 2 heteroatoms. The van der Waals surface area contributed by atoms with Gasteiger partial charge in [0.25, 0.3) is 0 Å². The number of aliphatic hydroxyl groups excluding tert-OH is 1. The first-order valence-electron chi connectivity index (χ1n) is 7.24. The Balaban J connectivity index is 1.79. The first-order valence-corrected chi connectivity index (χ1v) is 7.24. The molecule has 0 spiro atoms. The van der Waals surface area contributed by atoms with E-state index in [2.05, 4.69) is 37.4 Å². The SMILES string of the molecule is CC1=CC(C)CC(CNCc2cccc(CO)c2)C1. The van der Waals surface area contributed by atoms with Crippen molar-refractivity contribution < 1.29 is 5.11 Å². The Hall–Kier alpha value is -1.12. The number of benzene rings is 1. The van der Waals surface area contributed by atoms with Crippen molar-refractivity contribution in [2.45, 2.75) is 39.8 Å². The monoisotopic (exact) mass is 259 g/mol. The van der Waals surface area contributed by atoms with E-state index >= 15 is 0 Å². The molecule has 2 unspecified atom stereocenters. The maximum Gasteiger partial charge on any atom is 0.0681 e. The fourth-order valence-corrected chi connectivity index (χ4v) is 3.10. The summed E-state index contributed by atoms with van der Waals surface area (Å²) in [5.74, 6) is 1.49. The molecule has 2 nitrogen and oxygen atoms in total. The molecule has 2 rings (SSSR count). The molecule has 1 aromatic rings. The van der Waals surface area contributed by atoms with E-state index in [1.54, 1.807) is 0 Å². The highest BCUT2D eigenvalue weighted by Crippen LogP contribution is 2.27. The molecular weight excluding hydrogens is 234 g/mol. The third-order valence-electron chi connectivity index (χ3n) is 3.82. The van der Waals surface area contributed by atoms with Crippen LogP contribution in [0.25, 0.3) is 0 Å². The van der Waals surface area contributed by atoms with E-state index in [0.717, 1.165) is 30.5 Å². The van der Waals surface area contributed by atoms with Crippen molar-refractivity contribution >= 4 is 0 Å². The van der Waals surface area contributed by atoms with Gasteiger partial charge in [-0.3, -0.25) is 0 Å². The molecule has 2 atom stereocenters. The summed E-state index contributed by atoms with van der Waals surface area (Å²) in [5, 5.41) is 12.7. The summed E-state index contributed by atoms with van der Waals surface area (Å²) in [6, 6.07) is 8.15. The van der Waals surface area contributed by atoms with Crippen molar-refractivity contribution in [1.82, 2.24) is 5.32 Å². The maximum atomic E-state index is 9.12. The number of rotatable bonds is 5. The van der Waals surface area contributed by atoms with Crippen LogP contribution in [0.5, 0.6) is 0 Å². The highest BCUT2D eigenvalue weighted by molar-refractivity contribution is 5.22. The highest BCUT2D eigenvalue weighted by Gasteiger charge is 2.17. The maximum absolute atomic E-state index is 9.12. The van der Waals surface area contributed by atoms with Crippen LogP contribution in [0, 0.1) is 11.8 Å². The molecule has 0 heterocycles. The van der Waals surface area contributed by atoms with E-state index < -0.39 is 0 Å². The zero-order chi connectivity index (χ0) is 13.7. The third-order valence-corrected chi connectivity index (χ3v) is 3.82. The van der Waals surface area contributed by atoms with E-state index in [9.17, 15) is 0 Å². The average molecular weight is 259 g/mol. The van der Waals surface area contributed by atoms with E-state index in [0.29, 0.717) is 0 Å². The number of aliphatic hydroxyl groups is 1. The molecule has 1 aliphatic rings. The predicted octanol–water partition coefficient (Wildman–Crippen LogP) is 3.26. The molecule has 1 aromatic carbocycles. The summed E-state index contributed by atoms with van der Waals surface area (Å²) in [5.41, 5.74) is 3.78. The van der Waals surface area contributed by atoms with Crippen molar-refractivity contribution in [2.24, 2.45) is 11.8 Å². The molecule has 0 saturated heterocycles. The van der Waals surface area contributed by atoms with Gasteiger partial charge in [0, 0.05) is 6.54 Å². The normalized spacial score (nSPS) is 23.2. The lowest BCUT2D eigenvalue weighted by atomic mass is 9.84. The lowest BCUT2D eigenvalue weighted by Crippen LogP contribution is -2.25. The highest BCUT2D eigenvalue weighted by atomic mass is 16.3. The van der Waals surface area contributed by atoms with Gasteiger partial charge in [0.1, 0.15) is 0 Å². The molecule has 0 bridgehead atoms. The van der Waals surface area contributed by atoms with Crippen LogP contribution < -0.4 is 5.32 Å². The smallest absolute Gasteiger partial charge is 0.0681 e. The van der Waals surface area contributed by atoms with Gasteiger partial charge in [0.15, 0.2) is 0 Å². The molecule has 19 heavy (non-hydrogen) atoms. The Labute approximate surface area is 116 Å². The molecular formula is C17H25NO. The van der Waals surface area contributed by atoms with E-state index in [4.69, 9.17) is 5.11 Å². The molecule has 0 radical (unpaired) electrons. The quantitative estimate of drug-likeness (QED) is 0.796. The number of hydrogen-bond donors (Lipinski definition) is 2. The Morgan fingerprint density at radius 3 is 2.84 bits per heavy atom. The van der Waals surface area contributed by atoms with Crippen LogP contribution in [0.1, 0.15) is 37.8 Å². The van der Waals surface area contributed by atoms with Crippen LogP contribution in [0.15, 0.2) is 35.9 Å². The molecule has 0 amide bonds. The summed E-state index contributed by atoms with van der Waals surface area (Å²) in [7, 11) is 0. The van der Waals surface area contributed by atoms with E-state index in [1.807, 2.05) is 12.1 Å². The minimum absolute atomic E-state index is 0.123. The fraction of sp³-hybridized carbons (Fsp3) is 0.529. The molecule has 0 aliphatic heterocycles. The number of hydrogen-bond acceptors (Lipinski definition) is 2. The molecule has 104 valence electrons. The zero-order valence-electron chi connectivity index (χ0n) is 12.0. The molecule has 2 N–H and O–H groups in total.